The van der Waals surface area contributed by atoms with Crippen molar-refractivity contribution < 1.29 is 9.90 Å². The van der Waals surface area contributed by atoms with Gasteiger partial charge in [-0.05, 0) is 18.2 Å². The number of aromatic carboxylic acids is 1. The zero-order valence-corrected chi connectivity index (χ0v) is 8.35. The summed E-state index contributed by atoms with van der Waals surface area (Å²) < 4.78 is 0.712. The second-order valence-corrected chi connectivity index (χ2v) is 2.95. The van der Waals surface area contributed by atoms with Gasteiger partial charge in [-0.1, -0.05) is 15.9 Å². The van der Waals surface area contributed by atoms with Crippen LogP contribution < -0.4 is 5.73 Å². The number of carboxylic acids is 1. The summed E-state index contributed by atoms with van der Waals surface area (Å²) in [5.74, 6) is -1.01. The average molecular weight is 252 g/mol. The Balaban J connectivity index is 0.00000121. The standard InChI is InChI=1S/C7H6BrNO2.ClH/c8-4-1-2-6(9)5(3-4)7(10)11;/h1-3H,9H2,(H,10,11);1H. The molecule has 1 aromatic carbocycles. The Morgan fingerprint density at radius 2 is 2.08 bits per heavy atom. The Hall–Kier alpha value is -0.740. The minimum atomic E-state index is -1.01. The summed E-state index contributed by atoms with van der Waals surface area (Å²) in [6.45, 7) is 0. The maximum atomic E-state index is 10.5. The van der Waals surface area contributed by atoms with E-state index >= 15 is 0 Å². The number of nitrogen functional groups attached to an aromatic ring is 1. The molecule has 0 aromatic heterocycles. The van der Waals surface area contributed by atoms with Crippen LogP contribution >= 0.6 is 28.3 Å². The van der Waals surface area contributed by atoms with Crippen LogP contribution in [0.4, 0.5) is 5.69 Å². The Morgan fingerprint density at radius 3 is 2.50 bits per heavy atom. The van der Waals surface area contributed by atoms with E-state index in [-0.39, 0.29) is 23.7 Å². The van der Waals surface area contributed by atoms with Gasteiger partial charge >= 0.3 is 5.97 Å². The van der Waals surface area contributed by atoms with E-state index in [0.717, 1.165) is 0 Å². The molecule has 0 aliphatic rings. The number of anilines is 1. The third-order valence-corrected chi connectivity index (χ3v) is 1.74. The van der Waals surface area contributed by atoms with Crippen molar-refractivity contribution in [1.29, 1.82) is 0 Å². The first-order valence-electron chi connectivity index (χ1n) is 2.89. The van der Waals surface area contributed by atoms with Crippen LogP contribution in [0.25, 0.3) is 0 Å². The van der Waals surface area contributed by atoms with Gasteiger partial charge in [-0.15, -0.1) is 12.4 Å². The van der Waals surface area contributed by atoms with E-state index in [1.165, 1.54) is 6.07 Å². The highest BCUT2D eigenvalue weighted by molar-refractivity contribution is 9.10. The maximum absolute atomic E-state index is 10.5. The lowest BCUT2D eigenvalue weighted by atomic mass is 10.2. The van der Waals surface area contributed by atoms with Crippen LogP contribution in [0.3, 0.4) is 0 Å². The third-order valence-electron chi connectivity index (χ3n) is 1.25. The van der Waals surface area contributed by atoms with Gasteiger partial charge in [0.1, 0.15) is 0 Å². The fourth-order valence-corrected chi connectivity index (χ4v) is 1.07. The van der Waals surface area contributed by atoms with Gasteiger partial charge in [0.2, 0.25) is 0 Å². The number of carbonyl (C=O) groups is 1. The Kier molecular flexibility index (Phi) is 4.06. The quantitative estimate of drug-likeness (QED) is 0.753. The first-order chi connectivity index (χ1) is 5.11. The molecular weight excluding hydrogens is 245 g/mol. The molecule has 0 saturated carbocycles. The van der Waals surface area contributed by atoms with Gasteiger partial charge in [0, 0.05) is 10.2 Å². The van der Waals surface area contributed by atoms with E-state index in [0.29, 0.717) is 4.47 Å². The summed E-state index contributed by atoms with van der Waals surface area (Å²) in [7, 11) is 0. The molecule has 5 heteroatoms. The van der Waals surface area contributed by atoms with Crippen LogP contribution in [0.2, 0.25) is 0 Å². The minimum Gasteiger partial charge on any atom is -0.478 e. The van der Waals surface area contributed by atoms with Crippen LogP contribution in [0, 0.1) is 0 Å². The molecule has 3 N–H and O–H groups in total. The van der Waals surface area contributed by atoms with Gasteiger partial charge in [0.05, 0.1) is 5.56 Å². The monoisotopic (exact) mass is 251 g/mol. The summed E-state index contributed by atoms with van der Waals surface area (Å²) in [6, 6.07) is 4.72. The smallest absolute Gasteiger partial charge is 0.337 e. The van der Waals surface area contributed by atoms with Gasteiger partial charge < -0.3 is 10.8 Å². The minimum absolute atomic E-state index is 0. The zero-order valence-electron chi connectivity index (χ0n) is 5.95. The Morgan fingerprint density at radius 1 is 1.50 bits per heavy atom. The number of hydrogen-bond donors (Lipinski definition) is 2. The molecule has 66 valence electrons. The van der Waals surface area contributed by atoms with Crippen LogP contribution in [-0.4, -0.2) is 11.1 Å². The van der Waals surface area contributed by atoms with Crippen molar-refractivity contribution in [3.8, 4) is 0 Å². The lowest BCUT2D eigenvalue weighted by Gasteiger charge is -1.99. The fraction of sp³-hybridized carbons (Fsp3) is 0. The molecule has 12 heavy (non-hydrogen) atoms. The Bertz CT molecular complexity index is 303. The molecule has 0 radical (unpaired) electrons. The summed E-state index contributed by atoms with van der Waals surface area (Å²) in [4.78, 5) is 10.5. The molecule has 0 bridgehead atoms. The van der Waals surface area contributed by atoms with Crippen molar-refractivity contribution >= 4 is 40.0 Å². The van der Waals surface area contributed by atoms with E-state index in [1.807, 2.05) is 0 Å². The van der Waals surface area contributed by atoms with Crippen molar-refractivity contribution in [2.45, 2.75) is 0 Å². The number of carboxylic acid groups (broad SMARTS) is 1. The van der Waals surface area contributed by atoms with Crippen molar-refractivity contribution in [3.05, 3.63) is 28.2 Å². The van der Waals surface area contributed by atoms with E-state index in [4.69, 9.17) is 10.8 Å². The first kappa shape index (κ1) is 11.3. The average Bonchev–Trinajstić information content (AvgIpc) is 1.94. The van der Waals surface area contributed by atoms with E-state index in [2.05, 4.69) is 15.9 Å². The molecule has 0 atom stereocenters. The molecule has 0 aliphatic carbocycles. The maximum Gasteiger partial charge on any atom is 0.337 e. The highest BCUT2D eigenvalue weighted by atomic mass is 79.9. The number of hydrogen-bond acceptors (Lipinski definition) is 2. The molecule has 3 nitrogen and oxygen atoms in total. The topological polar surface area (TPSA) is 63.3 Å². The summed E-state index contributed by atoms with van der Waals surface area (Å²) in [5, 5.41) is 8.59. The number of benzene rings is 1. The largest absolute Gasteiger partial charge is 0.478 e. The molecular formula is C7H7BrClNO2. The van der Waals surface area contributed by atoms with Crippen LogP contribution in [0.1, 0.15) is 10.4 Å². The molecule has 0 fully saturated rings. The van der Waals surface area contributed by atoms with Gasteiger partial charge in [-0.2, -0.15) is 0 Å². The number of nitrogens with two attached hydrogens (primary N) is 1. The third kappa shape index (κ3) is 2.39. The summed E-state index contributed by atoms with van der Waals surface area (Å²) in [6.07, 6.45) is 0. The number of rotatable bonds is 1. The fourth-order valence-electron chi connectivity index (χ4n) is 0.714. The molecule has 0 heterocycles. The van der Waals surface area contributed by atoms with Crippen LogP contribution in [0.15, 0.2) is 22.7 Å². The molecule has 0 unspecified atom stereocenters. The predicted molar refractivity (Wildman–Crippen MR) is 52.8 cm³/mol. The summed E-state index contributed by atoms with van der Waals surface area (Å²) in [5.41, 5.74) is 5.79. The van der Waals surface area contributed by atoms with Crippen LogP contribution in [0.5, 0.6) is 0 Å². The Labute approximate surface area is 84.1 Å². The van der Waals surface area contributed by atoms with E-state index < -0.39 is 5.97 Å². The molecule has 0 aliphatic heterocycles. The van der Waals surface area contributed by atoms with Crippen molar-refractivity contribution in [3.63, 3.8) is 0 Å². The van der Waals surface area contributed by atoms with Gasteiger partial charge in [-0.25, -0.2) is 4.79 Å². The van der Waals surface area contributed by atoms with E-state index in [9.17, 15) is 4.79 Å². The zero-order chi connectivity index (χ0) is 8.43. The van der Waals surface area contributed by atoms with Crippen molar-refractivity contribution in [2.75, 3.05) is 5.73 Å². The molecule has 0 saturated heterocycles. The lowest BCUT2D eigenvalue weighted by molar-refractivity contribution is 0.0698. The molecule has 1 rings (SSSR count). The van der Waals surface area contributed by atoms with Gasteiger partial charge in [0.15, 0.2) is 0 Å². The highest BCUT2D eigenvalue weighted by Gasteiger charge is 2.06. The summed E-state index contributed by atoms with van der Waals surface area (Å²) >= 11 is 3.15. The second-order valence-electron chi connectivity index (χ2n) is 2.04. The molecule has 1 aromatic rings. The van der Waals surface area contributed by atoms with Gasteiger partial charge in [-0.3, -0.25) is 0 Å². The first-order valence-corrected chi connectivity index (χ1v) is 3.69. The SMILES string of the molecule is Cl.Nc1ccc(Br)cc1C(=O)O. The predicted octanol–water partition coefficient (Wildman–Crippen LogP) is 2.15. The number of halogens is 2. The molecule has 0 spiro atoms. The van der Waals surface area contributed by atoms with Crippen molar-refractivity contribution in [2.24, 2.45) is 0 Å². The van der Waals surface area contributed by atoms with Crippen LogP contribution in [-0.2, 0) is 0 Å². The highest BCUT2D eigenvalue weighted by Crippen LogP contribution is 2.17. The normalized spacial score (nSPS) is 8.75. The second kappa shape index (κ2) is 4.33. The van der Waals surface area contributed by atoms with E-state index in [1.54, 1.807) is 12.1 Å². The molecule has 0 amide bonds. The van der Waals surface area contributed by atoms with Gasteiger partial charge in [0.25, 0.3) is 0 Å². The van der Waals surface area contributed by atoms with Crippen molar-refractivity contribution in [1.82, 2.24) is 0 Å². The lowest BCUT2D eigenvalue weighted by Crippen LogP contribution is -2.01.